The number of nitrogens with one attached hydrogen (secondary N) is 1. The third-order valence-electron chi connectivity index (χ3n) is 3.42. The van der Waals surface area contributed by atoms with Crippen LogP contribution in [0.3, 0.4) is 0 Å². The second-order valence-electron chi connectivity index (χ2n) is 4.74. The van der Waals surface area contributed by atoms with E-state index in [1.807, 2.05) is 25.1 Å². The minimum Gasteiger partial charge on any atom is -0.368 e. The Morgan fingerprint density at radius 2 is 2.11 bits per heavy atom. The highest BCUT2D eigenvalue weighted by molar-refractivity contribution is 7.99. The molecule has 1 amide bonds. The molecule has 1 unspecified atom stereocenters. The van der Waals surface area contributed by atoms with Crippen LogP contribution in [-0.2, 0) is 4.79 Å². The molecule has 4 heteroatoms. The van der Waals surface area contributed by atoms with E-state index in [2.05, 4.69) is 17.4 Å². The van der Waals surface area contributed by atoms with Crippen molar-refractivity contribution in [2.75, 3.05) is 12.3 Å². The van der Waals surface area contributed by atoms with Crippen molar-refractivity contribution < 1.29 is 4.79 Å². The highest BCUT2D eigenvalue weighted by Crippen LogP contribution is 2.42. The number of primary amides is 1. The summed E-state index contributed by atoms with van der Waals surface area (Å²) in [6, 6.07) is 10.2. The SMILES string of the molecule is CCNC(CSc1ccccc1)(C(N)=O)C1CC1. The van der Waals surface area contributed by atoms with E-state index in [0.29, 0.717) is 11.7 Å². The lowest BCUT2D eigenvalue weighted by Crippen LogP contribution is -2.59. The zero-order chi connectivity index (χ0) is 13.0. The van der Waals surface area contributed by atoms with Gasteiger partial charge in [-0.1, -0.05) is 25.1 Å². The molecule has 0 bridgehead atoms. The topological polar surface area (TPSA) is 55.1 Å². The molecule has 98 valence electrons. The van der Waals surface area contributed by atoms with E-state index in [0.717, 1.165) is 19.4 Å². The number of rotatable bonds is 7. The highest BCUT2D eigenvalue weighted by Gasteiger charge is 2.49. The Morgan fingerprint density at radius 1 is 1.44 bits per heavy atom. The van der Waals surface area contributed by atoms with Crippen LogP contribution in [0.1, 0.15) is 19.8 Å². The minimum absolute atomic E-state index is 0.213. The lowest BCUT2D eigenvalue weighted by Gasteiger charge is -2.31. The summed E-state index contributed by atoms with van der Waals surface area (Å²) in [5, 5.41) is 3.33. The number of hydrogen-bond donors (Lipinski definition) is 2. The maximum absolute atomic E-state index is 11.9. The van der Waals surface area contributed by atoms with Crippen molar-refractivity contribution >= 4 is 17.7 Å². The van der Waals surface area contributed by atoms with Crippen molar-refractivity contribution in [3.63, 3.8) is 0 Å². The van der Waals surface area contributed by atoms with Crippen LogP contribution in [0.2, 0.25) is 0 Å². The van der Waals surface area contributed by atoms with E-state index < -0.39 is 5.54 Å². The van der Waals surface area contributed by atoms with E-state index in [1.54, 1.807) is 11.8 Å². The number of carbonyl (C=O) groups excluding carboxylic acids is 1. The van der Waals surface area contributed by atoms with Crippen LogP contribution >= 0.6 is 11.8 Å². The summed E-state index contributed by atoms with van der Waals surface area (Å²) < 4.78 is 0. The molecule has 3 N–H and O–H groups in total. The van der Waals surface area contributed by atoms with Gasteiger partial charge in [0.1, 0.15) is 5.54 Å². The first-order valence-corrected chi connectivity index (χ1v) is 7.40. The molecular weight excluding hydrogens is 244 g/mol. The second kappa shape index (κ2) is 5.76. The summed E-state index contributed by atoms with van der Waals surface area (Å²) in [6.45, 7) is 2.79. The minimum atomic E-state index is -0.532. The number of amides is 1. The first-order valence-electron chi connectivity index (χ1n) is 6.42. The van der Waals surface area contributed by atoms with Gasteiger partial charge < -0.3 is 11.1 Å². The van der Waals surface area contributed by atoms with Gasteiger partial charge in [-0.2, -0.15) is 0 Å². The predicted molar refractivity (Wildman–Crippen MR) is 75.5 cm³/mol. The standard InChI is InChI=1S/C14H20N2OS/c1-2-16-14(13(15)17,11-8-9-11)10-18-12-6-4-3-5-7-12/h3-7,11,16H,2,8-10H2,1H3,(H2,15,17). The third-order valence-corrected chi connectivity index (χ3v) is 4.62. The fourth-order valence-corrected chi connectivity index (χ4v) is 3.50. The number of benzene rings is 1. The van der Waals surface area contributed by atoms with Crippen molar-refractivity contribution in [1.29, 1.82) is 0 Å². The summed E-state index contributed by atoms with van der Waals surface area (Å²) in [7, 11) is 0. The van der Waals surface area contributed by atoms with Gasteiger partial charge in [0.25, 0.3) is 0 Å². The lowest BCUT2D eigenvalue weighted by molar-refractivity contribution is -0.124. The molecule has 2 rings (SSSR count). The predicted octanol–water partition coefficient (Wildman–Crippen LogP) is 2.02. The molecular formula is C14H20N2OS. The summed E-state index contributed by atoms with van der Waals surface area (Å²) in [5.41, 5.74) is 5.12. The van der Waals surface area contributed by atoms with Crippen LogP contribution in [0.25, 0.3) is 0 Å². The van der Waals surface area contributed by atoms with E-state index >= 15 is 0 Å². The molecule has 0 heterocycles. The molecule has 1 atom stereocenters. The van der Waals surface area contributed by atoms with Gasteiger partial charge in [0.05, 0.1) is 0 Å². The number of carbonyl (C=O) groups is 1. The highest BCUT2D eigenvalue weighted by atomic mass is 32.2. The number of nitrogens with two attached hydrogens (primary N) is 1. The molecule has 0 spiro atoms. The monoisotopic (exact) mass is 264 g/mol. The maximum atomic E-state index is 11.9. The first-order chi connectivity index (χ1) is 8.69. The molecule has 1 aliphatic carbocycles. The summed E-state index contributed by atoms with van der Waals surface area (Å²) in [4.78, 5) is 13.0. The average Bonchev–Trinajstić information content (AvgIpc) is 3.20. The van der Waals surface area contributed by atoms with Gasteiger partial charge in [0.2, 0.25) is 5.91 Å². The fraction of sp³-hybridized carbons (Fsp3) is 0.500. The third kappa shape index (κ3) is 2.87. The molecule has 0 saturated heterocycles. The van der Waals surface area contributed by atoms with Crippen LogP contribution in [0.15, 0.2) is 35.2 Å². The summed E-state index contributed by atoms with van der Waals surface area (Å²) >= 11 is 1.70. The van der Waals surface area contributed by atoms with E-state index in [1.165, 1.54) is 4.90 Å². The molecule has 1 aromatic carbocycles. The largest absolute Gasteiger partial charge is 0.368 e. The van der Waals surface area contributed by atoms with Crippen LogP contribution in [0.5, 0.6) is 0 Å². The second-order valence-corrected chi connectivity index (χ2v) is 5.79. The Bertz CT molecular complexity index is 406. The van der Waals surface area contributed by atoms with Crippen molar-refractivity contribution in [1.82, 2.24) is 5.32 Å². The average molecular weight is 264 g/mol. The van der Waals surface area contributed by atoms with Crippen molar-refractivity contribution in [2.24, 2.45) is 11.7 Å². The van der Waals surface area contributed by atoms with Crippen molar-refractivity contribution in [3.8, 4) is 0 Å². The summed E-state index contributed by atoms with van der Waals surface area (Å²) in [5.74, 6) is 0.909. The molecule has 1 aliphatic rings. The van der Waals surface area contributed by atoms with Gasteiger partial charge in [-0.15, -0.1) is 11.8 Å². The van der Waals surface area contributed by atoms with Crippen LogP contribution in [0, 0.1) is 5.92 Å². The molecule has 0 radical (unpaired) electrons. The van der Waals surface area contributed by atoms with Crippen molar-refractivity contribution in [3.05, 3.63) is 30.3 Å². The number of likely N-dealkylation sites (N-methyl/N-ethyl adjacent to an activating group) is 1. The van der Waals surface area contributed by atoms with Gasteiger partial charge in [-0.3, -0.25) is 4.79 Å². The summed E-state index contributed by atoms with van der Waals surface area (Å²) in [6.07, 6.45) is 2.20. The number of thioether (sulfide) groups is 1. The van der Waals surface area contributed by atoms with Gasteiger partial charge in [-0.25, -0.2) is 0 Å². The first kappa shape index (κ1) is 13.4. The Morgan fingerprint density at radius 3 is 2.61 bits per heavy atom. The van der Waals surface area contributed by atoms with E-state index in [-0.39, 0.29) is 5.91 Å². The molecule has 0 aromatic heterocycles. The molecule has 1 fully saturated rings. The molecule has 3 nitrogen and oxygen atoms in total. The zero-order valence-corrected chi connectivity index (χ0v) is 11.5. The Balaban J connectivity index is 2.07. The number of hydrogen-bond acceptors (Lipinski definition) is 3. The van der Waals surface area contributed by atoms with Gasteiger partial charge >= 0.3 is 0 Å². The fourth-order valence-electron chi connectivity index (χ4n) is 2.28. The van der Waals surface area contributed by atoms with Crippen LogP contribution in [-0.4, -0.2) is 23.7 Å². The van der Waals surface area contributed by atoms with Crippen LogP contribution in [0.4, 0.5) is 0 Å². The van der Waals surface area contributed by atoms with Gasteiger partial charge in [0.15, 0.2) is 0 Å². The quantitative estimate of drug-likeness (QED) is 0.741. The Hall–Kier alpha value is -1.00. The lowest BCUT2D eigenvalue weighted by atomic mass is 9.94. The smallest absolute Gasteiger partial charge is 0.238 e. The Kier molecular flexibility index (Phi) is 4.30. The van der Waals surface area contributed by atoms with E-state index in [4.69, 9.17) is 5.73 Å². The van der Waals surface area contributed by atoms with Crippen molar-refractivity contribution in [2.45, 2.75) is 30.2 Å². The molecule has 1 saturated carbocycles. The van der Waals surface area contributed by atoms with Gasteiger partial charge in [0, 0.05) is 10.6 Å². The van der Waals surface area contributed by atoms with E-state index in [9.17, 15) is 4.79 Å². The molecule has 18 heavy (non-hydrogen) atoms. The molecule has 1 aromatic rings. The maximum Gasteiger partial charge on any atom is 0.238 e. The molecule has 0 aliphatic heterocycles. The Labute approximate surface area is 113 Å². The normalized spacial score (nSPS) is 18.3. The zero-order valence-electron chi connectivity index (χ0n) is 10.7. The van der Waals surface area contributed by atoms with Crippen LogP contribution < -0.4 is 11.1 Å². The van der Waals surface area contributed by atoms with Gasteiger partial charge in [-0.05, 0) is 37.4 Å².